The van der Waals surface area contributed by atoms with Gasteiger partial charge in [0.2, 0.25) is 11.8 Å². The van der Waals surface area contributed by atoms with E-state index in [1.54, 1.807) is 12.1 Å². The van der Waals surface area contributed by atoms with Gasteiger partial charge < -0.3 is 10.7 Å². The van der Waals surface area contributed by atoms with Crippen molar-refractivity contribution in [3.8, 4) is 11.3 Å². The molecule has 2 heterocycles. The number of primary amides is 1. The second-order valence-corrected chi connectivity index (χ2v) is 6.02. The third-order valence-electron chi connectivity index (χ3n) is 4.34. The predicted octanol–water partition coefficient (Wildman–Crippen LogP) is 2.55. The van der Waals surface area contributed by atoms with Crippen LogP contribution in [0, 0.1) is 0 Å². The Hall–Kier alpha value is -3.41. The topological polar surface area (TPSA) is 100 Å². The summed E-state index contributed by atoms with van der Waals surface area (Å²) in [5.41, 5.74) is 13.1. The molecule has 0 bridgehead atoms. The Bertz CT molecular complexity index is 1020. The summed E-state index contributed by atoms with van der Waals surface area (Å²) >= 11 is 0. The Labute approximate surface area is 143 Å². The highest BCUT2D eigenvalue weighted by atomic mass is 16.2. The number of nitrogens with zero attached hydrogens (tertiary/aromatic N) is 1. The summed E-state index contributed by atoms with van der Waals surface area (Å²) in [4.78, 5) is 25.8. The van der Waals surface area contributed by atoms with Crippen molar-refractivity contribution in [3.63, 3.8) is 0 Å². The first-order valence-electron chi connectivity index (χ1n) is 7.99. The molecule has 1 aliphatic rings. The lowest BCUT2D eigenvalue weighted by Gasteiger charge is -2.11. The first kappa shape index (κ1) is 15.1. The summed E-state index contributed by atoms with van der Waals surface area (Å²) in [6.45, 7) is 0. The van der Waals surface area contributed by atoms with Crippen LogP contribution < -0.4 is 11.2 Å². The quantitative estimate of drug-likeness (QED) is 0.686. The number of nitrogens with one attached hydrogen (secondary N) is 2. The van der Waals surface area contributed by atoms with Crippen LogP contribution in [0.25, 0.3) is 22.2 Å². The van der Waals surface area contributed by atoms with Gasteiger partial charge in [0, 0.05) is 35.0 Å². The third-order valence-corrected chi connectivity index (χ3v) is 4.34. The molecule has 4 rings (SSSR count). The van der Waals surface area contributed by atoms with Crippen LogP contribution in [0.1, 0.15) is 28.8 Å². The van der Waals surface area contributed by atoms with Crippen molar-refractivity contribution in [2.24, 2.45) is 10.8 Å². The van der Waals surface area contributed by atoms with Gasteiger partial charge >= 0.3 is 0 Å². The number of nitrogens with two attached hydrogens (primary N) is 1. The van der Waals surface area contributed by atoms with E-state index in [0.29, 0.717) is 18.4 Å². The van der Waals surface area contributed by atoms with E-state index in [0.717, 1.165) is 33.4 Å². The van der Waals surface area contributed by atoms with Crippen molar-refractivity contribution in [1.82, 2.24) is 10.4 Å². The van der Waals surface area contributed by atoms with Crippen LogP contribution in [-0.2, 0) is 4.79 Å². The highest BCUT2D eigenvalue weighted by Gasteiger charge is 2.14. The van der Waals surface area contributed by atoms with Gasteiger partial charge in [-0.05, 0) is 41.5 Å². The van der Waals surface area contributed by atoms with Crippen molar-refractivity contribution in [2.75, 3.05) is 0 Å². The molecule has 0 atom stereocenters. The third kappa shape index (κ3) is 2.89. The molecule has 1 aliphatic heterocycles. The zero-order valence-corrected chi connectivity index (χ0v) is 13.4. The maximum absolute atomic E-state index is 11.2. The summed E-state index contributed by atoms with van der Waals surface area (Å²) in [5.74, 6) is -0.485. The Balaban J connectivity index is 1.68. The molecule has 3 aromatic rings. The van der Waals surface area contributed by atoms with Gasteiger partial charge in [-0.2, -0.15) is 5.10 Å². The standard InChI is InChI=1S/C19H16N4O2/c20-19(25)12-3-1-11(2-4-12)17-10-14-9-13(5-6-15(14)21-17)16-7-8-18(24)23-22-16/h1-6,9-10,21H,7-8H2,(H2,20,25)(H,23,24). The van der Waals surface area contributed by atoms with Gasteiger partial charge in [0.15, 0.2) is 0 Å². The molecule has 25 heavy (non-hydrogen) atoms. The molecule has 0 unspecified atom stereocenters. The van der Waals surface area contributed by atoms with E-state index in [-0.39, 0.29) is 5.91 Å². The predicted molar refractivity (Wildman–Crippen MR) is 96.2 cm³/mol. The molecule has 0 saturated carbocycles. The summed E-state index contributed by atoms with van der Waals surface area (Å²) in [6, 6.07) is 15.3. The van der Waals surface area contributed by atoms with Crippen molar-refractivity contribution in [2.45, 2.75) is 12.8 Å². The molecule has 6 heteroatoms. The van der Waals surface area contributed by atoms with E-state index in [2.05, 4.69) is 27.6 Å². The molecule has 0 aliphatic carbocycles. The fourth-order valence-electron chi connectivity index (χ4n) is 2.96. The average Bonchev–Trinajstić information content (AvgIpc) is 3.05. The number of carbonyl (C=O) groups excluding carboxylic acids is 2. The number of hydrazone groups is 1. The van der Waals surface area contributed by atoms with E-state index in [1.807, 2.05) is 24.3 Å². The molecule has 0 spiro atoms. The lowest BCUT2D eigenvalue weighted by atomic mass is 10.0. The Kier molecular flexibility index (Phi) is 3.57. The maximum atomic E-state index is 11.2. The Morgan fingerprint density at radius 3 is 2.44 bits per heavy atom. The number of rotatable bonds is 3. The zero-order valence-electron chi connectivity index (χ0n) is 13.4. The van der Waals surface area contributed by atoms with Gasteiger partial charge in [0.25, 0.3) is 0 Å². The van der Waals surface area contributed by atoms with Crippen molar-refractivity contribution in [3.05, 3.63) is 59.7 Å². The van der Waals surface area contributed by atoms with E-state index in [4.69, 9.17) is 5.73 Å². The molecular weight excluding hydrogens is 316 g/mol. The van der Waals surface area contributed by atoms with Gasteiger partial charge in [-0.1, -0.05) is 18.2 Å². The molecule has 2 aromatic carbocycles. The smallest absolute Gasteiger partial charge is 0.248 e. The zero-order chi connectivity index (χ0) is 17.4. The summed E-state index contributed by atoms with van der Waals surface area (Å²) < 4.78 is 0. The molecule has 6 nitrogen and oxygen atoms in total. The van der Waals surface area contributed by atoms with Gasteiger partial charge in [0.05, 0.1) is 5.71 Å². The molecule has 1 aromatic heterocycles. The van der Waals surface area contributed by atoms with Crippen molar-refractivity contribution < 1.29 is 9.59 Å². The Morgan fingerprint density at radius 1 is 1.00 bits per heavy atom. The maximum Gasteiger partial charge on any atom is 0.248 e. The highest BCUT2D eigenvalue weighted by Crippen LogP contribution is 2.26. The minimum absolute atomic E-state index is 0.0480. The second kappa shape index (κ2) is 5.90. The number of hydrogen-bond acceptors (Lipinski definition) is 3. The molecule has 2 amide bonds. The molecule has 0 radical (unpaired) electrons. The van der Waals surface area contributed by atoms with E-state index >= 15 is 0 Å². The fourth-order valence-corrected chi connectivity index (χ4v) is 2.96. The number of carbonyl (C=O) groups is 2. The highest BCUT2D eigenvalue weighted by molar-refractivity contribution is 6.06. The van der Waals surface area contributed by atoms with Crippen LogP contribution in [0.5, 0.6) is 0 Å². The first-order chi connectivity index (χ1) is 12.1. The molecule has 124 valence electrons. The van der Waals surface area contributed by atoms with Crippen LogP contribution in [0.2, 0.25) is 0 Å². The molecule has 0 fully saturated rings. The Morgan fingerprint density at radius 2 is 1.76 bits per heavy atom. The summed E-state index contributed by atoms with van der Waals surface area (Å²) in [6.07, 6.45) is 1.10. The van der Waals surface area contributed by atoms with Gasteiger partial charge in [-0.25, -0.2) is 5.43 Å². The van der Waals surface area contributed by atoms with Crippen molar-refractivity contribution in [1.29, 1.82) is 0 Å². The number of H-pyrrole nitrogens is 1. The number of hydrogen-bond donors (Lipinski definition) is 3. The number of fused-ring (bicyclic) bond motifs is 1. The summed E-state index contributed by atoms with van der Waals surface area (Å²) in [5, 5.41) is 5.20. The van der Waals surface area contributed by atoms with Crippen LogP contribution in [-0.4, -0.2) is 22.5 Å². The molecule has 0 saturated heterocycles. The van der Waals surface area contributed by atoms with Crippen LogP contribution in [0.15, 0.2) is 53.6 Å². The normalized spacial score (nSPS) is 14.2. The summed E-state index contributed by atoms with van der Waals surface area (Å²) in [7, 11) is 0. The van der Waals surface area contributed by atoms with Crippen LogP contribution in [0.3, 0.4) is 0 Å². The molecular formula is C19H16N4O2. The van der Waals surface area contributed by atoms with E-state index in [9.17, 15) is 9.59 Å². The average molecular weight is 332 g/mol. The van der Waals surface area contributed by atoms with Gasteiger partial charge in [-0.15, -0.1) is 0 Å². The van der Waals surface area contributed by atoms with Crippen LogP contribution in [0.4, 0.5) is 0 Å². The number of benzene rings is 2. The lowest BCUT2D eigenvalue weighted by molar-refractivity contribution is -0.121. The monoisotopic (exact) mass is 332 g/mol. The molecule has 4 N–H and O–H groups in total. The number of amides is 2. The van der Waals surface area contributed by atoms with Gasteiger partial charge in [0.1, 0.15) is 0 Å². The van der Waals surface area contributed by atoms with E-state index in [1.165, 1.54) is 0 Å². The number of aromatic nitrogens is 1. The second-order valence-electron chi connectivity index (χ2n) is 6.02. The van der Waals surface area contributed by atoms with Crippen molar-refractivity contribution >= 4 is 28.4 Å². The van der Waals surface area contributed by atoms with Crippen LogP contribution >= 0.6 is 0 Å². The minimum Gasteiger partial charge on any atom is -0.366 e. The SMILES string of the molecule is NC(=O)c1ccc(-c2cc3cc(C4=NNC(=O)CC4)ccc3[nH]2)cc1. The lowest BCUT2D eigenvalue weighted by Crippen LogP contribution is -2.25. The fraction of sp³-hybridized carbons (Fsp3) is 0.105. The van der Waals surface area contributed by atoms with Gasteiger partial charge in [-0.3, -0.25) is 9.59 Å². The van der Waals surface area contributed by atoms with E-state index < -0.39 is 5.91 Å². The largest absolute Gasteiger partial charge is 0.366 e. The first-order valence-corrected chi connectivity index (χ1v) is 7.99. The number of aromatic amines is 1. The minimum atomic E-state index is -0.437.